The molecule has 0 aromatic heterocycles. The molecule has 0 unspecified atom stereocenters. The molecule has 0 saturated heterocycles. The molecule has 4 aromatic carbocycles. The van der Waals surface area contributed by atoms with Crippen LogP contribution in [-0.2, 0) is 22.7 Å². The maximum absolute atomic E-state index is 13.4. The van der Waals surface area contributed by atoms with Gasteiger partial charge in [0.2, 0.25) is 0 Å². The average Bonchev–Trinajstić information content (AvgIpc) is 2.96. The quantitative estimate of drug-likeness (QED) is 0.109. The Balaban J connectivity index is 1.58. The van der Waals surface area contributed by atoms with E-state index in [1.165, 1.54) is 19.2 Å². The van der Waals surface area contributed by atoms with E-state index in [0.29, 0.717) is 18.1 Å². The highest BCUT2D eigenvalue weighted by Gasteiger charge is 2.22. The van der Waals surface area contributed by atoms with E-state index in [9.17, 15) is 14.4 Å². The number of hydrogen-bond acceptors (Lipinski definition) is 7. The van der Waals surface area contributed by atoms with E-state index < -0.39 is 24.1 Å². The Morgan fingerprint density at radius 2 is 1.24 bits per heavy atom. The van der Waals surface area contributed by atoms with Crippen molar-refractivity contribution in [3.05, 3.63) is 125 Å². The van der Waals surface area contributed by atoms with Gasteiger partial charge >= 0.3 is 11.9 Å². The van der Waals surface area contributed by atoms with Crippen molar-refractivity contribution in [1.29, 1.82) is 0 Å². The first-order valence-corrected chi connectivity index (χ1v) is 11.9. The number of ether oxygens (including phenoxy) is 4. The predicted octanol–water partition coefficient (Wildman–Crippen LogP) is 5.81. The van der Waals surface area contributed by atoms with E-state index in [0.717, 1.165) is 11.1 Å². The predicted molar refractivity (Wildman–Crippen MR) is 140 cm³/mol. The number of rotatable bonds is 11. The number of esters is 2. The van der Waals surface area contributed by atoms with E-state index in [4.69, 9.17) is 14.2 Å². The van der Waals surface area contributed by atoms with Gasteiger partial charge in [-0.1, -0.05) is 72.8 Å². The molecule has 0 N–H and O–H groups in total. The van der Waals surface area contributed by atoms with Gasteiger partial charge in [0, 0.05) is 0 Å². The second-order valence-electron chi connectivity index (χ2n) is 8.27. The maximum Gasteiger partial charge on any atom is 0.347 e. The first-order chi connectivity index (χ1) is 18.5. The summed E-state index contributed by atoms with van der Waals surface area (Å²) >= 11 is 0. The van der Waals surface area contributed by atoms with Crippen LogP contribution in [0.2, 0.25) is 0 Å². The molecule has 0 aliphatic carbocycles. The molecule has 0 heterocycles. The zero-order valence-electron chi connectivity index (χ0n) is 20.8. The summed E-state index contributed by atoms with van der Waals surface area (Å²) in [6, 6.07) is 30.3. The number of carbonyl (C=O) groups is 3. The molecule has 0 bridgehead atoms. The monoisotopic (exact) mass is 510 g/mol. The smallest absolute Gasteiger partial charge is 0.347 e. The number of methoxy groups -OCH3 is 1. The highest BCUT2D eigenvalue weighted by atomic mass is 16.5. The zero-order valence-corrected chi connectivity index (χ0v) is 20.8. The van der Waals surface area contributed by atoms with Crippen LogP contribution >= 0.6 is 0 Å². The minimum Gasteiger partial charge on any atom is -0.489 e. The number of carbonyl (C=O) groups excluding carboxylic acids is 3. The van der Waals surface area contributed by atoms with Gasteiger partial charge in [-0.3, -0.25) is 9.59 Å². The highest BCUT2D eigenvalue weighted by Crippen LogP contribution is 2.29. The molecular weight excluding hydrogens is 484 g/mol. The van der Waals surface area contributed by atoms with Gasteiger partial charge < -0.3 is 18.9 Å². The van der Waals surface area contributed by atoms with Crippen LogP contribution in [0, 0.1) is 0 Å². The lowest BCUT2D eigenvalue weighted by molar-refractivity contribution is -0.139. The number of hydrogen-bond donors (Lipinski definition) is 0. The molecule has 0 atom stereocenters. The first kappa shape index (κ1) is 26.2. The van der Waals surface area contributed by atoms with E-state index >= 15 is 0 Å². The summed E-state index contributed by atoms with van der Waals surface area (Å²) in [7, 11) is 1.20. The molecule has 0 aliphatic rings. The zero-order chi connectivity index (χ0) is 26.7. The molecule has 0 saturated carbocycles. The fourth-order valence-electron chi connectivity index (χ4n) is 3.60. The molecule has 0 amide bonds. The maximum atomic E-state index is 13.4. The number of ketones is 1. The second-order valence-corrected chi connectivity index (χ2v) is 8.27. The Morgan fingerprint density at radius 1 is 0.632 bits per heavy atom. The average molecular weight is 511 g/mol. The molecular formula is C31H26O7. The van der Waals surface area contributed by atoms with Crippen LogP contribution in [-0.4, -0.2) is 24.8 Å². The van der Waals surface area contributed by atoms with Crippen LogP contribution in [0.1, 0.15) is 38.3 Å². The van der Waals surface area contributed by atoms with Gasteiger partial charge in [-0.15, -0.1) is 0 Å². The molecule has 0 spiro atoms. The van der Waals surface area contributed by atoms with Crippen molar-refractivity contribution in [2.45, 2.75) is 19.6 Å². The lowest BCUT2D eigenvalue weighted by Crippen LogP contribution is -2.15. The summed E-state index contributed by atoms with van der Waals surface area (Å²) in [6.07, 6.45) is -0.473. The summed E-state index contributed by atoms with van der Waals surface area (Å²) in [5, 5.41) is 0. The fourth-order valence-corrected chi connectivity index (χ4v) is 3.60. The molecule has 7 heteroatoms. The van der Waals surface area contributed by atoms with Gasteiger partial charge in [-0.05, 0) is 41.5 Å². The fraction of sp³-hybridized carbons (Fsp3) is 0.129. The van der Waals surface area contributed by atoms with Gasteiger partial charge in [-0.2, -0.15) is 0 Å². The van der Waals surface area contributed by atoms with Crippen molar-refractivity contribution in [1.82, 2.24) is 0 Å². The summed E-state index contributed by atoms with van der Waals surface area (Å²) in [6.45, 7) is 0.546. The lowest BCUT2D eigenvalue weighted by atomic mass is 10.1. The standard InChI is InChI=1S/C31H26O7/c1-35-30(33)19-27(32)25-14-8-9-15-29(25)38-31(34)26-18-24(36-20-22-10-4-2-5-11-22)16-17-28(26)37-21-23-12-6-3-7-13-23/h2-18H,19-21H2,1H3. The topological polar surface area (TPSA) is 88.1 Å². The molecule has 192 valence electrons. The molecule has 0 fully saturated rings. The van der Waals surface area contributed by atoms with Crippen LogP contribution in [0.25, 0.3) is 0 Å². The largest absolute Gasteiger partial charge is 0.489 e. The van der Waals surface area contributed by atoms with Crippen molar-refractivity contribution in [2.24, 2.45) is 0 Å². The minimum absolute atomic E-state index is 0.0241. The van der Waals surface area contributed by atoms with E-state index in [1.807, 2.05) is 60.7 Å². The van der Waals surface area contributed by atoms with Crippen LogP contribution in [0.5, 0.6) is 17.2 Å². The number of para-hydroxylation sites is 1. The van der Waals surface area contributed by atoms with Crippen molar-refractivity contribution in [3.63, 3.8) is 0 Å². The Morgan fingerprint density at radius 3 is 1.89 bits per heavy atom. The van der Waals surface area contributed by atoms with E-state index in [-0.39, 0.29) is 23.5 Å². The Bertz CT molecular complexity index is 1400. The summed E-state index contributed by atoms with van der Waals surface area (Å²) < 4.78 is 22.1. The summed E-state index contributed by atoms with van der Waals surface area (Å²) in [5.41, 5.74) is 2.12. The van der Waals surface area contributed by atoms with E-state index in [2.05, 4.69) is 4.74 Å². The summed E-state index contributed by atoms with van der Waals surface area (Å²) in [4.78, 5) is 37.6. The number of benzene rings is 4. The molecule has 4 rings (SSSR count). The van der Waals surface area contributed by atoms with Crippen LogP contribution in [0.3, 0.4) is 0 Å². The van der Waals surface area contributed by atoms with Gasteiger partial charge in [0.15, 0.2) is 5.78 Å². The third-order valence-electron chi connectivity index (χ3n) is 5.58. The van der Waals surface area contributed by atoms with E-state index in [1.54, 1.807) is 30.3 Å². The van der Waals surface area contributed by atoms with Gasteiger partial charge in [0.25, 0.3) is 0 Å². The van der Waals surface area contributed by atoms with Crippen molar-refractivity contribution in [2.75, 3.05) is 7.11 Å². The van der Waals surface area contributed by atoms with Crippen LogP contribution in [0.4, 0.5) is 0 Å². The molecule has 0 radical (unpaired) electrons. The van der Waals surface area contributed by atoms with Gasteiger partial charge in [0.05, 0.1) is 12.7 Å². The SMILES string of the molecule is COC(=O)CC(=O)c1ccccc1OC(=O)c1cc(OCc2ccccc2)ccc1OCc1ccccc1. The Labute approximate surface area is 220 Å². The van der Waals surface area contributed by atoms with Crippen molar-refractivity contribution < 1.29 is 33.3 Å². The summed E-state index contributed by atoms with van der Waals surface area (Å²) in [5.74, 6) is -1.18. The third-order valence-corrected chi connectivity index (χ3v) is 5.58. The third kappa shape index (κ3) is 7.07. The molecule has 7 nitrogen and oxygen atoms in total. The minimum atomic E-state index is -0.739. The second kappa shape index (κ2) is 12.9. The van der Waals surface area contributed by atoms with Gasteiger partial charge in [-0.25, -0.2) is 4.79 Å². The first-order valence-electron chi connectivity index (χ1n) is 11.9. The van der Waals surface area contributed by atoms with Crippen molar-refractivity contribution >= 4 is 17.7 Å². The normalized spacial score (nSPS) is 10.3. The Kier molecular flexibility index (Phi) is 8.86. The Hall–Kier alpha value is -4.91. The van der Waals surface area contributed by atoms with Crippen LogP contribution < -0.4 is 14.2 Å². The highest BCUT2D eigenvalue weighted by molar-refractivity contribution is 6.08. The lowest BCUT2D eigenvalue weighted by Gasteiger charge is -2.15. The van der Waals surface area contributed by atoms with Gasteiger partial charge in [0.1, 0.15) is 42.4 Å². The number of Topliss-reactive ketones (excluding diaryl/α,β-unsaturated/α-hetero) is 1. The molecule has 4 aromatic rings. The molecule has 38 heavy (non-hydrogen) atoms. The molecule has 0 aliphatic heterocycles. The van der Waals surface area contributed by atoms with Crippen molar-refractivity contribution in [3.8, 4) is 17.2 Å². The van der Waals surface area contributed by atoms with Crippen LogP contribution in [0.15, 0.2) is 103 Å².